The summed E-state index contributed by atoms with van der Waals surface area (Å²) in [5, 5.41) is 8.24. The van der Waals surface area contributed by atoms with E-state index in [-0.39, 0.29) is 5.97 Å². The molecule has 0 aliphatic rings. The van der Waals surface area contributed by atoms with E-state index in [1.807, 2.05) is 12.1 Å². The number of carbonyl (C=O) groups excluding carboxylic acids is 1. The van der Waals surface area contributed by atoms with E-state index in [4.69, 9.17) is 10.00 Å². The Labute approximate surface area is 95.0 Å². The smallest absolute Gasteiger partial charge is 0.338 e. The van der Waals surface area contributed by atoms with Crippen LogP contribution in [0.2, 0.25) is 0 Å². The molecule has 0 amide bonds. The molecule has 0 saturated heterocycles. The molecule has 3 heteroatoms. The molecule has 0 heterocycles. The molecule has 0 aliphatic carbocycles. The Balaban J connectivity index is 2.22. The van der Waals surface area contributed by atoms with Gasteiger partial charge in [-0.2, -0.15) is 5.26 Å². The van der Waals surface area contributed by atoms with E-state index in [0.717, 1.165) is 12.8 Å². The number of unbranched alkanes of at least 4 members (excludes halogenated alkanes) is 1. The monoisotopic (exact) mass is 215 g/mol. The van der Waals surface area contributed by atoms with Crippen molar-refractivity contribution in [3.05, 3.63) is 48.0 Å². The Morgan fingerprint density at radius 2 is 2.12 bits per heavy atom. The van der Waals surface area contributed by atoms with Crippen molar-refractivity contribution in [1.29, 1.82) is 5.26 Å². The molecule has 0 radical (unpaired) electrons. The van der Waals surface area contributed by atoms with Crippen LogP contribution >= 0.6 is 0 Å². The average molecular weight is 215 g/mol. The van der Waals surface area contributed by atoms with Gasteiger partial charge in [0.15, 0.2) is 0 Å². The minimum atomic E-state index is -0.301. The summed E-state index contributed by atoms with van der Waals surface area (Å²) in [6.07, 6.45) is 4.67. The van der Waals surface area contributed by atoms with E-state index in [9.17, 15) is 4.79 Å². The number of carbonyl (C=O) groups is 1. The van der Waals surface area contributed by atoms with Gasteiger partial charge in [0.25, 0.3) is 0 Å². The van der Waals surface area contributed by atoms with Crippen LogP contribution in [-0.2, 0) is 4.74 Å². The highest BCUT2D eigenvalue weighted by atomic mass is 16.5. The molecule has 0 spiro atoms. The van der Waals surface area contributed by atoms with Crippen LogP contribution in [0, 0.1) is 11.3 Å². The topological polar surface area (TPSA) is 50.1 Å². The molecule has 0 atom stereocenters. The zero-order valence-electron chi connectivity index (χ0n) is 8.93. The summed E-state index contributed by atoms with van der Waals surface area (Å²) in [7, 11) is 0. The molecule has 0 N–H and O–H groups in total. The first-order valence-corrected chi connectivity index (χ1v) is 5.11. The molecule has 0 aromatic heterocycles. The average Bonchev–Trinajstić information content (AvgIpc) is 2.34. The first kappa shape index (κ1) is 12.0. The Morgan fingerprint density at radius 1 is 1.38 bits per heavy atom. The number of hydrogen-bond donors (Lipinski definition) is 0. The van der Waals surface area contributed by atoms with Crippen LogP contribution < -0.4 is 0 Å². The Morgan fingerprint density at radius 3 is 2.81 bits per heavy atom. The van der Waals surface area contributed by atoms with Gasteiger partial charge in [-0.3, -0.25) is 0 Å². The van der Waals surface area contributed by atoms with Gasteiger partial charge in [0, 0.05) is 6.08 Å². The minimum absolute atomic E-state index is 0.301. The van der Waals surface area contributed by atoms with E-state index in [1.165, 1.54) is 6.08 Å². The van der Waals surface area contributed by atoms with Gasteiger partial charge >= 0.3 is 5.97 Å². The molecule has 0 aliphatic heterocycles. The van der Waals surface area contributed by atoms with Gasteiger partial charge in [-0.05, 0) is 25.0 Å². The number of rotatable bonds is 5. The lowest BCUT2D eigenvalue weighted by atomic mass is 10.2. The van der Waals surface area contributed by atoms with Crippen molar-refractivity contribution >= 4 is 5.97 Å². The molecule has 1 aromatic carbocycles. The number of nitrogens with zero attached hydrogens (tertiary/aromatic N) is 1. The van der Waals surface area contributed by atoms with Crippen molar-refractivity contribution < 1.29 is 9.53 Å². The number of nitriles is 1. The molecule has 1 aromatic rings. The van der Waals surface area contributed by atoms with Gasteiger partial charge in [0.2, 0.25) is 0 Å². The minimum Gasteiger partial charge on any atom is -0.462 e. The second-order valence-electron chi connectivity index (χ2n) is 3.18. The number of benzene rings is 1. The fourth-order valence-electron chi connectivity index (χ4n) is 1.16. The third-order valence-electron chi connectivity index (χ3n) is 1.95. The number of ether oxygens (including phenoxy) is 1. The SMILES string of the molecule is N#C/C=C/CCCOC(=O)c1ccccc1. The van der Waals surface area contributed by atoms with Crippen LogP contribution in [0.1, 0.15) is 23.2 Å². The van der Waals surface area contributed by atoms with E-state index >= 15 is 0 Å². The maximum Gasteiger partial charge on any atom is 0.338 e. The van der Waals surface area contributed by atoms with Gasteiger partial charge in [0.05, 0.1) is 18.2 Å². The van der Waals surface area contributed by atoms with Crippen molar-refractivity contribution in [3.8, 4) is 6.07 Å². The molecular weight excluding hydrogens is 202 g/mol. The normalized spacial score (nSPS) is 9.94. The van der Waals surface area contributed by atoms with Crippen molar-refractivity contribution in [2.75, 3.05) is 6.61 Å². The van der Waals surface area contributed by atoms with Crippen LogP contribution in [0.4, 0.5) is 0 Å². The third-order valence-corrected chi connectivity index (χ3v) is 1.95. The van der Waals surface area contributed by atoms with Crippen molar-refractivity contribution in [2.24, 2.45) is 0 Å². The van der Waals surface area contributed by atoms with Crippen LogP contribution in [0.15, 0.2) is 42.5 Å². The summed E-state index contributed by atoms with van der Waals surface area (Å²) < 4.78 is 5.05. The Bertz CT molecular complexity index is 390. The lowest BCUT2D eigenvalue weighted by Crippen LogP contribution is -2.05. The zero-order valence-corrected chi connectivity index (χ0v) is 8.93. The molecule has 1 rings (SSSR count). The van der Waals surface area contributed by atoms with E-state index < -0.39 is 0 Å². The highest BCUT2D eigenvalue weighted by Crippen LogP contribution is 2.02. The summed E-state index contributed by atoms with van der Waals surface area (Å²) in [5.41, 5.74) is 0.565. The van der Waals surface area contributed by atoms with E-state index in [2.05, 4.69) is 0 Å². The quantitative estimate of drug-likeness (QED) is 0.431. The molecule has 82 valence electrons. The summed E-state index contributed by atoms with van der Waals surface area (Å²) >= 11 is 0. The molecule has 0 fully saturated rings. The van der Waals surface area contributed by atoms with Crippen molar-refractivity contribution in [2.45, 2.75) is 12.8 Å². The molecule has 0 bridgehead atoms. The van der Waals surface area contributed by atoms with E-state index in [0.29, 0.717) is 12.2 Å². The number of hydrogen-bond acceptors (Lipinski definition) is 3. The maximum absolute atomic E-state index is 11.4. The summed E-state index contributed by atoms with van der Waals surface area (Å²) in [6, 6.07) is 10.8. The number of allylic oxidation sites excluding steroid dienone is 2. The van der Waals surface area contributed by atoms with Gasteiger partial charge in [-0.25, -0.2) is 4.79 Å². The van der Waals surface area contributed by atoms with Crippen LogP contribution in [0.25, 0.3) is 0 Å². The highest BCUT2D eigenvalue weighted by molar-refractivity contribution is 5.89. The van der Waals surface area contributed by atoms with Crippen LogP contribution in [0.3, 0.4) is 0 Å². The molecule has 16 heavy (non-hydrogen) atoms. The first-order valence-electron chi connectivity index (χ1n) is 5.11. The predicted octanol–water partition coefficient (Wildman–Crippen LogP) is 2.70. The van der Waals surface area contributed by atoms with Gasteiger partial charge in [0.1, 0.15) is 0 Å². The van der Waals surface area contributed by atoms with E-state index in [1.54, 1.807) is 30.3 Å². The fourth-order valence-corrected chi connectivity index (χ4v) is 1.16. The lowest BCUT2D eigenvalue weighted by Gasteiger charge is -2.02. The third kappa shape index (κ3) is 4.43. The fraction of sp³-hybridized carbons (Fsp3) is 0.231. The second-order valence-corrected chi connectivity index (χ2v) is 3.18. The molecule has 3 nitrogen and oxygen atoms in total. The summed E-state index contributed by atoms with van der Waals surface area (Å²) in [6.45, 7) is 0.378. The van der Waals surface area contributed by atoms with Gasteiger partial charge < -0.3 is 4.74 Å². The molecule has 0 unspecified atom stereocenters. The molecular formula is C13H13NO2. The standard InChI is InChI=1S/C13H13NO2/c14-10-6-1-2-7-11-16-13(15)12-8-4-3-5-9-12/h1,3-6,8-9H,2,7,11H2/b6-1+. The second kappa shape index (κ2) is 7.24. The van der Waals surface area contributed by atoms with Crippen LogP contribution in [-0.4, -0.2) is 12.6 Å². The summed E-state index contributed by atoms with van der Waals surface area (Å²) in [5.74, 6) is -0.301. The maximum atomic E-state index is 11.4. The summed E-state index contributed by atoms with van der Waals surface area (Å²) in [4.78, 5) is 11.4. The van der Waals surface area contributed by atoms with Gasteiger partial charge in [-0.1, -0.05) is 24.3 Å². The van der Waals surface area contributed by atoms with Crippen LogP contribution in [0.5, 0.6) is 0 Å². The van der Waals surface area contributed by atoms with Crippen molar-refractivity contribution in [3.63, 3.8) is 0 Å². The molecule has 0 saturated carbocycles. The predicted molar refractivity (Wildman–Crippen MR) is 60.7 cm³/mol. The Kier molecular flexibility index (Phi) is 5.43. The largest absolute Gasteiger partial charge is 0.462 e. The lowest BCUT2D eigenvalue weighted by molar-refractivity contribution is 0.0501. The zero-order chi connectivity index (χ0) is 11.6. The number of esters is 1. The van der Waals surface area contributed by atoms with Gasteiger partial charge in [-0.15, -0.1) is 0 Å². The first-order chi connectivity index (χ1) is 7.84. The highest BCUT2D eigenvalue weighted by Gasteiger charge is 2.04. The van der Waals surface area contributed by atoms with Crippen molar-refractivity contribution in [1.82, 2.24) is 0 Å². The Hall–Kier alpha value is -2.08.